The Kier molecular flexibility index (Phi) is 3.11. The lowest BCUT2D eigenvalue weighted by atomic mass is 9.48. The average Bonchev–Trinajstić information content (AvgIpc) is 2.39. The van der Waals surface area contributed by atoms with Crippen LogP contribution in [0.5, 0.6) is 0 Å². The van der Waals surface area contributed by atoms with E-state index >= 15 is 0 Å². The van der Waals surface area contributed by atoms with Crippen LogP contribution in [-0.4, -0.2) is 5.11 Å². The van der Waals surface area contributed by atoms with Gasteiger partial charge < -0.3 is 5.11 Å². The third-order valence-electron chi connectivity index (χ3n) is 6.13. The highest BCUT2D eigenvalue weighted by atomic mass is 19.2. The predicted octanol–water partition coefficient (Wildman–Crippen LogP) is 4.60. The Labute approximate surface area is 124 Å². The first kappa shape index (κ1) is 13.7. The van der Waals surface area contributed by atoms with E-state index in [0.29, 0.717) is 6.42 Å². The van der Waals surface area contributed by atoms with Gasteiger partial charge in [-0.05, 0) is 74.2 Å². The van der Waals surface area contributed by atoms with Crippen LogP contribution in [0.2, 0.25) is 0 Å². The smallest absolute Gasteiger partial charge is 0.164 e. The van der Waals surface area contributed by atoms with Crippen molar-refractivity contribution < 1.29 is 13.9 Å². The van der Waals surface area contributed by atoms with Gasteiger partial charge in [-0.15, -0.1) is 0 Å². The summed E-state index contributed by atoms with van der Waals surface area (Å²) >= 11 is 0. The third kappa shape index (κ3) is 2.30. The SMILES string of the molecule is OC(CC12CC3CC(CC(C3)C1)C2)c1cccc(F)c1F. The number of benzene rings is 1. The maximum absolute atomic E-state index is 13.9. The van der Waals surface area contributed by atoms with Gasteiger partial charge in [0.05, 0.1) is 6.10 Å². The first-order chi connectivity index (χ1) is 10.0. The molecule has 1 nitrogen and oxygen atoms in total. The molecular weight excluding hydrogens is 270 g/mol. The summed E-state index contributed by atoms with van der Waals surface area (Å²) in [6.45, 7) is 0. The second-order valence-electron chi connectivity index (χ2n) is 7.78. The molecule has 0 heterocycles. The van der Waals surface area contributed by atoms with Gasteiger partial charge in [0.25, 0.3) is 0 Å². The van der Waals surface area contributed by atoms with Crippen molar-refractivity contribution in [1.82, 2.24) is 0 Å². The lowest BCUT2D eigenvalue weighted by Gasteiger charge is -2.57. The fourth-order valence-corrected chi connectivity index (χ4v) is 5.84. The van der Waals surface area contributed by atoms with E-state index in [-0.39, 0.29) is 11.0 Å². The number of hydrogen-bond donors (Lipinski definition) is 1. The van der Waals surface area contributed by atoms with Crippen LogP contribution in [0.3, 0.4) is 0 Å². The standard InChI is InChI=1S/C18H22F2O/c19-15-3-1-2-14(17(15)20)16(21)10-18-7-11-4-12(8-18)6-13(5-11)9-18/h1-3,11-13,16,21H,4-10H2. The summed E-state index contributed by atoms with van der Waals surface area (Å²) < 4.78 is 27.2. The molecule has 4 saturated carbocycles. The van der Waals surface area contributed by atoms with Gasteiger partial charge in [-0.3, -0.25) is 0 Å². The number of rotatable bonds is 3. The summed E-state index contributed by atoms with van der Waals surface area (Å²) in [7, 11) is 0. The van der Waals surface area contributed by atoms with Crippen LogP contribution in [0.15, 0.2) is 18.2 Å². The van der Waals surface area contributed by atoms with Gasteiger partial charge in [0, 0.05) is 5.56 Å². The summed E-state index contributed by atoms with van der Waals surface area (Å²) in [4.78, 5) is 0. The van der Waals surface area contributed by atoms with Crippen molar-refractivity contribution in [2.24, 2.45) is 23.2 Å². The van der Waals surface area contributed by atoms with Crippen LogP contribution in [0.4, 0.5) is 8.78 Å². The van der Waals surface area contributed by atoms with Crippen LogP contribution >= 0.6 is 0 Å². The summed E-state index contributed by atoms with van der Waals surface area (Å²) in [5.74, 6) is 0.675. The molecule has 0 radical (unpaired) electrons. The van der Waals surface area contributed by atoms with Crippen molar-refractivity contribution in [2.45, 2.75) is 51.0 Å². The van der Waals surface area contributed by atoms with Gasteiger partial charge in [-0.2, -0.15) is 0 Å². The second kappa shape index (κ2) is 4.77. The van der Waals surface area contributed by atoms with Crippen LogP contribution in [0, 0.1) is 34.8 Å². The minimum absolute atomic E-state index is 0.130. The molecule has 0 aliphatic heterocycles. The van der Waals surface area contributed by atoms with E-state index in [2.05, 4.69) is 0 Å². The Morgan fingerprint density at radius 3 is 2.19 bits per heavy atom. The fraction of sp³-hybridized carbons (Fsp3) is 0.667. The lowest BCUT2D eigenvalue weighted by Crippen LogP contribution is -2.46. The summed E-state index contributed by atoms with van der Waals surface area (Å²) in [5, 5.41) is 10.5. The van der Waals surface area contributed by atoms with Gasteiger partial charge in [-0.1, -0.05) is 12.1 Å². The molecule has 5 rings (SSSR count). The minimum Gasteiger partial charge on any atom is -0.388 e. The predicted molar refractivity (Wildman–Crippen MR) is 76.5 cm³/mol. The van der Waals surface area contributed by atoms with Gasteiger partial charge in [0.2, 0.25) is 0 Å². The third-order valence-corrected chi connectivity index (χ3v) is 6.13. The first-order valence-electron chi connectivity index (χ1n) is 8.17. The van der Waals surface area contributed by atoms with Gasteiger partial charge in [0.15, 0.2) is 11.6 Å². The van der Waals surface area contributed by atoms with Crippen molar-refractivity contribution in [1.29, 1.82) is 0 Å². The lowest BCUT2D eigenvalue weighted by molar-refractivity contribution is -0.0768. The van der Waals surface area contributed by atoms with Crippen LogP contribution < -0.4 is 0 Å². The number of halogens is 2. The fourth-order valence-electron chi connectivity index (χ4n) is 5.84. The Morgan fingerprint density at radius 2 is 1.62 bits per heavy atom. The van der Waals surface area contributed by atoms with Gasteiger partial charge >= 0.3 is 0 Å². The van der Waals surface area contributed by atoms with Crippen LogP contribution in [0.25, 0.3) is 0 Å². The molecule has 21 heavy (non-hydrogen) atoms. The van der Waals surface area contributed by atoms with Crippen molar-refractivity contribution in [3.63, 3.8) is 0 Å². The molecule has 4 bridgehead atoms. The molecule has 1 atom stereocenters. The molecular formula is C18H22F2O. The highest BCUT2D eigenvalue weighted by molar-refractivity contribution is 5.22. The molecule has 0 aromatic heterocycles. The second-order valence-corrected chi connectivity index (χ2v) is 7.78. The minimum atomic E-state index is -0.880. The Morgan fingerprint density at radius 1 is 1.05 bits per heavy atom. The molecule has 1 aromatic rings. The molecule has 0 amide bonds. The summed E-state index contributed by atoms with van der Waals surface area (Å²) in [5.41, 5.74) is 0.304. The van der Waals surface area contributed by atoms with E-state index in [1.165, 1.54) is 50.7 Å². The molecule has 4 fully saturated rings. The summed E-state index contributed by atoms with van der Waals surface area (Å²) in [6.07, 6.45) is 7.29. The van der Waals surface area contributed by atoms with Crippen molar-refractivity contribution in [2.75, 3.05) is 0 Å². The van der Waals surface area contributed by atoms with Crippen molar-refractivity contribution >= 4 is 0 Å². The first-order valence-corrected chi connectivity index (χ1v) is 8.17. The largest absolute Gasteiger partial charge is 0.388 e. The van der Waals surface area contributed by atoms with Crippen LogP contribution in [0.1, 0.15) is 56.6 Å². The molecule has 0 spiro atoms. The van der Waals surface area contributed by atoms with Crippen molar-refractivity contribution in [3.8, 4) is 0 Å². The maximum Gasteiger partial charge on any atom is 0.164 e. The van der Waals surface area contributed by atoms with Crippen LogP contribution in [-0.2, 0) is 0 Å². The number of aliphatic hydroxyl groups is 1. The van der Waals surface area contributed by atoms with Gasteiger partial charge in [0.1, 0.15) is 0 Å². The quantitative estimate of drug-likeness (QED) is 0.863. The highest BCUT2D eigenvalue weighted by Crippen LogP contribution is 2.62. The maximum atomic E-state index is 13.9. The van der Waals surface area contributed by atoms with Gasteiger partial charge in [-0.25, -0.2) is 8.78 Å². The number of aliphatic hydroxyl groups excluding tert-OH is 1. The molecule has 3 heteroatoms. The molecule has 1 aromatic carbocycles. The molecule has 0 saturated heterocycles. The zero-order valence-corrected chi connectivity index (χ0v) is 12.2. The molecule has 4 aliphatic rings. The Balaban J connectivity index is 1.57. The normalized spacial score (nSPS) is 38.7. The monoisotopic (exact) mass is 292 g/mol. The topological polar surface area (TPSA) is 20.2 Å². The van der Waals surface area contributed by atoms with E-state index in [4.69, 9.17) is 0 Å². The molecule has 1 unspecified atom stereocenters. The summed E-state index contributed by atoms with van der Waals surface area (Å²) in [6, 6.07) is 4.11. The van der Waals surface area contributed by atoms with E-state index in [9.17, 15) is 13.9 Å². The van der Waals surface area contributed by atoms with E-state index in [1.54, 1.807) is 0 Å². The van der Waals surface area contributed by atoms with E-state index < -0.39 is 17.7 Å². The average molecular weight is 292 g/mol. The zero-order chi connectivity index (χ0) is 14.6. The van der Waals surface area contributed by atoms with E-state index in [0.717, 1.165) is 23.8 Å². The van der Waals surface area contributed by atoms with E-state index in [1.807, 2.05) is 0 Å². The van der Waals surface area contributed by atoms with Crippen molar-refractivity contribution in [3.05, 3.63) is 35.4 Å². The Hall–Kier alpha value is -0.960. The molecule has 4 aliphatic carbocycles. The molecule has 1 N–H and O–H groups in total. The zero-order valence-electron chi connectivity index (χ0n) is 12.2. The Bertz CT molecular complexity index is 519. The highest BCUT2D eigenvalue weighted by Gasteiger charge is 2.51. The molecule has 114 valence electrons. The number of hydrogen-bond acceptors (Lipinski definition) is 1.